The Bertz CT molecular complexity index is 1480. The first-order valence-corrected chi connectivity index (χ1v) is 15.8. The Kier molecular flexibility index (Phi) is 15.0. The summed E-state index contributed by atoms with van der Waals surface area (Å²) in [5, 5.41) is 0. The molecule has 1 unspecified atom stereocenters. The van der Waals surface area contributed by atoms with Gasteiger partial charge in [-0.15, -0.1) is 0 Å². The fraction of sp³-hybridized carbons (Fsp3) is 0.576. The zero-order valence-corrected chi connectivity index (χ0v) is 29.3. The Morgan fingerprint density at radius 1 is 0.462 bits per heavy atom. The highest BCUT2D eigenvalue weighted by molar-refractivity contribution is 5.89. The minimum Gasteiger partial charge on any atom is -0.463 e. The molecular formula is C33H40O19. The van der Waals surface area contributed by atoms with Crippen molar-refractivity contribution in [1.29, 1.82) is 0 Å². The fourth-order valence-electron chi connectivity index (χ4n) is 5.34. The van der Waals surface area contributed by atoms with Gasteiger partial charge in [0.15, 0.2) is 42.9 Å². The molecule has 10 atom stereocenters. The standard InChI is InChI=1S/C33H40O19/c1-15(34)42-13-23-25(44-16(2)35)27(46-18(4)37)29(48-20(6)39)33(51-23)52-30-28(47-19(5)38)26(45-17(3)36)24(50-32(30)49-21(7)40)14-43-31(41)22-11-9-8-10-12-22/h8-12,23-30,32-33H,13-14H2,1-7H3/t23-,24-,25+,26-,27+,28+,29-,30+,32?,33-/m1/s1. The molecule has 0 amide bonds. The zero-order valence-electron chi connectivity index (χ0n) is 29.3. The van der Waals surface area contributed by atoms with E-state index >= 15 is 0 Å². The van der Waals surface area contributed by atoms with Crippen LogP contribution in [0.25, 0.3) is 0 Å². The van der Waals surface area contributed by atoms with Crippen LogP contribution in [0.15, 0.2) is 30.3 Å². The monoisotopic (exact) mass is 740 g/mol. The molecule has 1 aromatic rings. The van der Waals surface area contributed by atoms with E-state index in [2.05, 4.69) is 0 Å². The van der Waals surface area contributed by atoms with Gasteiger partial charge in [0.1, 0.15) is 25.4 Å². The molecule has 0 spiro atoms. The van der Waals surface area contributed by atoms with E-state index in [-0.39, 0.29) is 5.56 Å². The number of carbonyl (C=O) groups is 8. The van der Waals surface area contributed by atoms with E-state index in [9.17, 15) is 38.4 Å². The molecule has 286 valence electrons. The van der Waals surface area contributed by atoms with Crippen LogP contribution in [-0.2, 0) is 85.7 Å². The summed E-state index contributed by atoms with van der Waals surface area (Å²) in [5.41, 5.74) is 0.167. The van der Waals surface area contributed by atoms with E-state index in [4.69, 9.17) is 52.1 Å². The summed E-state index contributed by atoms with van der Waals surface area (Å²) < 4.78 is 61.2. The van der Waals surface area contributed by atoms with Crippen LogP contribution in [0, 0.1) is 0 Å². The molecule has 19 heteroatoms. The maximum Gasteiger partial charge on any atom is 0.338 e. The number of benzene rings is 1. The van der Waals surface area contributed by atoms with Gasteiger partial charge in [0.25, 0.3) is 0 Å². The van der Waals surface area contributed by atoms with Crippen molar-refractivity contribution in [3.8, 4) is 0 Å². The molecule has 3 rings (SSSR count). The summed E-state index contributed by atoms with van der Waals surface area (Å²) in [5.74, 6) is -7.11. The summed E-state index contributed by atoms with van der Waals surface area (Å²) >= 11 is 0. The topological polar surface area (TPSA) is 238 Å². The lowest BCUT2D eigenvalue weighted by atomic mass is 9.96. The van der Waals surface area contributed by atoms with E-state index in [1.807, 2.05) is 0 Å². The number of carbonyl (C=O) groups excluding carboxylic acids is 8. The van der Waals surface area contributed by atoms with Crippen molar-refractivity contribution in [1.82, 2.24) is 0 Å². The second-order valence-corrected chi connectivity index (χ2v) is 11.4. The third-order valence-electron chi connectivity index (χ3n) is 7.11. The average Bonchev–Trinajstić information content (AvgIpc) is 3.03. The van der Waals surface area contributed by atoms with Crippen LogP contribution in [0.4, 0.5) is 0 Å². The molecule has 0 aromatic heterocycles. The minimum atomic E-state index is -1.88. The molecule has 2 aliphatic rings. The van der Waals surface area contributed by atoms with Gasteiger partial charge in [-0.2, -0.15) is 0 Å². The lowest BCUT2D eigenvalue weighted by Gasteiger charge is -2.48. The van der Waals surface area contributed by atoms with Crippen LogP contribution in [0.3, 0.4) is 0 Å². The molecule has 0 saturated carbocycles. The smallest absolute Gasteiger partial charge is 0.338 e. The number of hydrogen-bond donors (Lipinski definition) is 0. The van der Waals surface area contributed by atoms with Gasteiger partial charge in [-0.1, -0.05) is 18.2 Å². The van der Waals surface area contributed by atoms with Crippen LogP contribution in [0.5, 0.6) is 0 Å². The highest BCUT2D eigenvalue weighted by Crippen LogP contribution is 2.35. The largest absolute Gasteiger partial charge is 0.463 e. The SMILES string of the molecule is CC(=O)OC[C@H]1O[C@H](O[C@@H]2C(OC(C)=O)O[C@H](COC(=O)c3ccccc3)[C@@H](OC(C)=O)[C@@H]2OC(C)=O)[C@H](OC(C)=O)[C@@H](OC(C)=O)[C@H]1OC(C)=O. The van der Waals surface area contributed by atoms with Gasteiger partial charge < -0.3 is 52.1 Å². The van der Waals surface area contributed by atoms with Gasteiger partial charge >= 0.3 is 47.8 Å². The second-order valence-electron chi connectivity index (χ2n) is 11.4. The van der Waals surface area contributed by atoms with Crippen LogP contribution >= 0.6 is 0 Å². The summed E-state index contributed by atoms with van der Waals surface area (Å²) in [6.07, 6.45) is -16.7. The highest BCUT2D eigenvalue weighted by atomic mass is 16.8. The van der Waals surface area contributed by atoms with Gasteiger partial charge in [-0.05, 0) is 12.1 Å². The van der Waals surface area contributed by atoms with Crippen molar-refractivity contribution < 1.29 is 90.5 Å². The molecule has 19 nitrogen and oxygen atoms in total. The quantitative estimate of drug-likeness (QED) is 0.197. The third kappa shape index (κ3) is 12.0. The van der Waals surface area contributed by atoms with Gasteiger partial charge in [-0.25, -0.2) is 4.79 Å². The molecule has 1 aromatic carbocycles. The van der Waals surface area contributed by atoms with E-state index < -0.39 is 122 Å². The molecule has 0 bridgehead atoms. The lowest BCUT2D eigenvalue weighted by molar-refractivity contribution is -0.363. The number of ether oxygens (including phenoxy) is 11. The van der Waals surface area contributed by atoms with Crippen molar-refractivity contribution in [2.24, 2.45) is 0 Å². The summed E-state index contributed by atoms with van der Waals surface area (Å²) in [6, 6.07) is 7.83. The predicted molar refractivity (Wildman–Crippen MR) is 165 cm³/mol. The number of esters is 8. The van der Waals surface area contributed by atoms with E-state index in [0.29, 0.717) is 0 Å². The van der Waals surface area contributed by atoms with Crippen molar-refractivity contribution in [3.63, 3.8) is 0 Å². The Morgan fingerprint density at radius 2 is 0.865 bits per heavy atom. The van der Waals surface area contributed by atoms with Gasteiger partial charge in [0, 0.05) is 48.5 Å². The Morgan fingerprint density at radius 3 is 1.33 bits per heavy atom. The van der Waals surface area contributed by atoms with Gasteiger partial charge in [-0.3, -0.25) is 33.6 Å². The van der Waals surface area contributed by atoms with Crippen molar-refractivity contribution in [3.05, 3.63) is 35.9 Å². The van der Waals surface area contributed by atoms with Crippen LogP contribution in [0.1, 0.15) is 58.8 Å². The van der Waals surface area contributed by atoms with Crippen molar-refractivity contribution in [2.75, 3.05) is 13.2 Å². The van der Waals surface area contributed by atoms with Gasteiger partial charge in [0.05, 0.1) is 5.56 Å². The predicted octanol–water partition coefficient (Wildman–Crippen LogP) is 0.463. The maximum absolute atomic E-state index is 12.8. The van der Waals surface area contributed by atoms with E-state index in [1.165, 1.54) is 12.1 Å². The van der Waals surface area contributed by atoms with Gasteiger partial charge in [0.2, 0.25) is 6.29 Å². The van der Waals surface area contributed by atoms with Crippen LogP contribution in [0.2, 0.25) is 0 Å². The molecule has 0 aliphatic carbocycles. The molecule has 2 saturated heterocycles. The highest BCUT2D eigenvalue weighted by Gasteiger charge is 2.58. The normalized spacial score (nSPS) is 28.2. The van der Waals surface area contributed by atoms with Crippen LogP contribution in [-0.4, -0.2) is 122 Å². The molecule has 52 heavy (non-hydrogen) atoms. The van der Waals surface area contributed by atoms with Crippen molar-refractivity contribution in [2.45, 2.75) is 110 Å². The Balaban J connectivity index is 2.11. The molecule has 2 aliphatic heterocycles. The molecular weight excluding hydrogens is 700 g/mol. The first-order valence-electron chi connectivity index (χ1n) is 15.8. The summed E-state index contributed by atoms with van der Waals surface area (Å²) in [6.45, 7) is 5.96. The minimum absolute atomic E-state index is 0.167. The first kappa shape index (κ1) is 41.3. The third-order valence-corrected chi connectivity index (χ3v) is 7.11. The molecule has 0 radical (unpaired) electrons. The lowest BCUT2D eigenvalue weighted by Crippen LogP contribution is -2.67. The van der Waals surface area contributed by atoms with E-state index in [1.54, 1.807) is 18.2 Å². The Hall–Kier alpha value is -5.14. The van der Waals surface area contributed by atoms with E-state index in [0.717, 1.165) is 48.5 Å². The average molecular weight is 741 g/mol. The number of hydrogen-bond acceptors (Lipinski definition) is 19. The number of rotatable bonds is 13. The molecule has 2 fully saturated rings. The van der Waals surface area contributed by atoms with Crippen LogP contribution < -0.4 is 0 Å². The first-order chi connectivity index (χ1) is 24.5. The zero-order chi connectivity index (χ0) is 38.7. The second kappa shape index (κ2) is 18.9. The summed E-state index contributed by atoms with van der Waals surface area (Å²) in [7, 11) is 0. The Labute approximate surface area is 297 Å². The fourth-order valence-corrected chi connectivity index (χ4v) is 5.34. The molecule has 0 N–H and O–H groups in total. The maximum atomic E-state index is 12.8. The van der Waals surface area contributed by atoms with Crippen molar-refractivity contribution >= 4 is 47.8 Å². The molecule has 2 heterocycles. The summed E-state index contributed by atoms with van der Waals surface area (Å²) in [4.78, 5) is 98.5.